The van der Waals surface area contributed by atoms with Crippen LogP contribution in [0.5, 0.6) is 0 Å². The number of unbranched alkanes of at least 4 members (excludes halogenated alkanes) is 1. The highest BCUT2D eigenvalue weighted by molar-refractivity contribution is 9.10. The Bertz CT molecular complexity index is 661. The molecule has 2 heterocycles. The molecule has 0 radical (unpaired) electrons. The third-order valence-corrected chi connectivity index (χ3v) is 3.43. The summed E-state index contributed by atoms with van der Waals surface area (Å²) in [7, 11) is 0. The summed E-state index contributed by atoms with van der Waals surface area (Å²) in [5.74, 6) is -0.513. The molecular formula is C12H15BrN4O2. The van der Waals surface area contributed by atoms with E-state index in [4.69, 9.17) is 5.73 Å². The largest absolute Gasteiger partial charge is 0.368 e. The average molecular weight is 327 g/mol. The van der Waals surface area contributed by atoms with Gasteiger partial charge in [0.05, 0.1) is 5.52 Å². The van der Waals surface area contributed by atoms with Gasteiger partial charge in [0.15, 0.2) is 5.65 Å². The first kappa shape index (κ1) is 13.8. The van der Waals surface area contributed by atoms with Crippen molar-refractivity contribution in [2.24, 2.45) is 5.73 Å². The number of fused-ring (bicyclic) bond motifs is 1. The van der Waals surface area contributed by atoms with Crippen LogP contribution in [0.4, 0.5) is 0 Å². The standard InChI is InChI=1S/C12H15BrN4O2/c1-2-3-4-9(10(14)18)17-11-8(16-12(17)19)5-7(13)6-15-11/h5-6,9H,2-4H2,1H3,(H2,14,18)(H,16,19). The Balaban J connectivity index is 2.55. The van der Waals surface area contributed by atoms with Crippen molar-refractivity contribution in [3.05, 3.63) is 27.2 Å². The van der Waals surface area contributed by atoms with Crippen LogP contribution in [-0.2, 0) is 4.79 Å². The van der Waals surface area contributed by atoms with Gasteiger partial charge in [-0.05, 0) is 28.4 Å². The number of nitrogens with two attached hydrogens (primary N) is 1. The van der Waals surface area contributed by atoms with E-state index in [1.807, 2.05) is 6.92 Å². The molecule has 0 saturated carbocycles. The maximum Gasteiger partial charge on any atom is 0.328 e. The lowest BCUT2D eigenvalue weighted by Crippen LogP contribution is -2.32. The number of H-pyrrole nitrogens is 1. The molecule has 6 nitrogen and oxygen atoms in total. The van der Waals surface area contributed by atoms with E-state index in [9.17, 15) is 9.59 Å². The van der Waals surface area contributed by atoms with Crippen LogP contribution in [0.3, 0.4) is 0 Å². The van der Waals surface area contributed by atoms with Crippen LogP contribution in [0.25, 0.3) is 11.2 Å². The number of aromatic nitrogens is 3. The number of halogens is 1. The van der Waals surface area contributed by atoms with E-state index in [2.05, 4.69) is 25.9 Å². The lowest BCUT2D eigenvalue weighted by atomic mass is 10.1. The van der Waals surface area contributed by atoms with Crippen LogP contribution in [0.1, 0.15) is 32.2 Å². The molecule has 0 saturated heterocycles. The fourth-order valence-electron chi connectivity index (χ4n) is 2.07. The van der Waals surface area contributed by atoms with E-state index in [-0.39, 0.29) is 5.69 Å². The third kappa shape index (κ3) is 2.70. The monoisotopic (exact) mass is 326 g/mol. The fraction of sp³-hybridized carbons (Fsp3) is 0.417. The molecule has 2 rings (SSSR count). The van der Waals surface area contributed by atoms with Crippen molar-refractivity contribution in [2.45, 2.75) is 32.2 Å². The molecule has 0 bridgehead atoms. The zero-order valence-corrected chi connectivity index (χ0v) is 12.1. The average Bonchev–Trinajstić information content (AvgIpc) is 2.65. The van der Waals surface area contributed by atoms with Gasteiger partial charge in [0.2, 0.25) is 5.91 Å². The second-order valence-electron chi connectivity index (χ2n) is 4.39. The van der Waals surface area contributed by atoms with Gasteiger partial charge in [-0.3, -0.25) is 9.36 Å². The second kappa shape index (κ2) is 5.56. The van der Waals surface area contributed by atoms with Crippen molar-refractivity contribution in [3.8, 4) is 0 Å². The zero-order chi connectivity index (χ0) is 14.0. The van der Waals surface area contributed by atoms with Crippen LogP contribution in [0.15, 0.2) is 21.5 Å². The van der Waals surface area contributed by atoms with Crippen LogP contribution in [0, 0.1) is 0 Å². The predicted molar refractivity (Wildman–Crippen MR) is 75.8 cm³/mol. The Hall–Kier alpha value is -1.63. The highest BCUT2D eigenvalue weighted by Gasteiger charge is 2.22. The maximum atomic E-state index is 12.0. The van der Waals surface area contributed by atoms with Crippen molar-refractivity contribution in [1.29, 1.82) is 0 Å². The van der Waals surface area contributed by atoms with E-state index < -0.39 is 11.9 Å². The minimum absolute atomic E-state index is 0.361. The normalized spacial score (nSPS) is 12.7. The summed E-state index contributed by atoms with van der Waals surface area (Å²) >= 11 is 3.29. The van der Waals surface area contributed by atoms with Crippen molar-refractivity contribution in [1.82, 2.24) is 14.5 Å². The van der Waals surface area contributed by atoms with E-state index >= 15 is 0 Å². The summed E-state index contributed by atoms with van der Waals surface area (Å²) in [6, 6.07) is 1.09. The van der Waals surface area contributed by atoms with Gasteiger partial charge >= 0.3 is 5.69 Å². The molecule has 0 aliphatic heterocycles. The number of primary amides is 1. The molecule has 2 aromatic rings. The number of imidazole rings is 1. The summed E-state index contributed by atoms with van der Waals surface area (Å²) in [6.45, 7) is 2.02. The van der Waals surface area contributed by atoms with Gasteiger partial charge in [-0.25, -0.2) is 9.78 Å². The Morgan fingerprint density at radius 2 is 2.37 bits per heavy atom. The van der Waals surface area contributed by atoms with Crippen molar-refractivity contribution in [2.75, 3.05) is 0 Å². The molecule has 0 spiro atoms. The number of nitrogens with zero attached hydrogens (tertiary/aromatic N) is 2. The number of carbonyl (C=O) groups excluding carboxylic acids is 1. The number of hydrogen-bond acceptors (Lipinski definition) is 3. The number of aromatic amines is 1. The molecule has 0 aliphatic carbocycles. The Morgan fingerprint density at radius 1 is 1.63 bits per heavy atom. The minimum atomic E-state index is -0.658. The number of hydrogen-bond donors (Lipinski definition) is 2. The van der Waals surface area contributed by atoms with Crippen molar-refractivity contribution < 1.29 is 4.79 Å². The van der Waals surface area contributed by atoms with Gasteiger partial charge in [-0.15, -0.1) is 0 Å². The Kier molecular flexibility index (Phi) is 4.04. The summed E-state index contributed by atoms with van der Waals surface area (Å²) in [6.07, 6.45) is 3.88. The van der Waals surface area contributed by atoms with Crippen molar-refractivity contribution >= 4 is 33.0 Å². The van der Waals surface area contributed by atoms with Crippen LogP contribution in [0.2, 0.25) is 0 Å². The maximum absolute atomic E-state index is 12.0. The molecule has 0 aromatic carbocycles. The molecule has 1 atom stereocenters. The third-order valence-electron chi connectivity index (χ3n) is 2.99. The van der Waals surface area contributed by atoms with Crippen LogP contribution < -0.4 is 11.4 Å². The SMILES string of the molecule is CCCCC(C(N)=O)n1c(=O)[nH]c2cc(Br)cnc21. The van der Waals surface area contributed by atoms with Gasteiger partial charge in [0.25, 0.3) is 0 Å². The van der Waals surface area contributed by atoms with E-state index in [1.165, 1.54) is 4.57 Å². The topological polar surface area (TPSA) is 93.8 Å². The van der Waals surface area contributed by atoms with Gasteiger partial charge in [0.1, 0.15) is 6.04 Å². The van der Waals surface area contributed by atoms with Crippen LogP contribution >= 0.6 is 15.9 Å². The summed E-state index contributed by atoms with van der Waals surface area (Å²) < 4.78 is 2.11. The van der Waals surface area contributed by atoms with Gasteiger partial charge < -0.3 is 10.7 Å². The van der Waals surface area contributed by atoms with Gasteiger partial charge in [-0.2, -0.15) is 0 Å². The highest BCUT2D eigenvalue weighted by atomic mass is 79.9. The molecule has 1 unspecified atom stereocenters. The first-order valence-corrected chi connectivity index (χ1v) is 6.89. The quantitative estimate of drug-likeness (QED) is 0.875. The van der Waals surface area contributed by atoms with E-state index in [0.717, 1.165) is 17.3 Å². The predicted octanol–water partition coefficient (Wildman–Crippen LogP) is 1.70. The first-order chi connectivity index (χ1) is 9.04. The summed E-state index contributed by atoms with van der Waals surface area (Å²) in [4.78, 5) is 30.5. The highest BCUT2D eigenvalue weighted by Crippen LogP contribution is 2.20. The molecule has 1 amide bonds. The van der Waals surface area contributed by atoms with E-state index in [0.29, 0.717) is 17.6 Å². The number of amides is 1. The molecule has 3 N–H and O–H groups in total. The lowest BCUT2D eigenvalue weighted by Gasteiger charge is -2.14. The number of nitrogens with one attached hydrogen (secondary N) is 1. The molecule has 0 fully saturated rings. The molecule has 0 aliphatic rings. The molecule has 19 heavy (non-hydrogen) atoms. The number of carbonyl (C=O) groups is 1. The lowest BCUT2D eigenvalue weighted by molar-refractivity contribution is -0.121. The Morgan fingerprint density at radius 3 is 3.00 bits per heavy atom. The van der Waals surface area contributed by atoms with Gasteiger partial charge in [0, 0.05) is 10.7 Å². The molecule has 2 aromatic heterocycles. The summed E-state index contributed by atoms with van der Waals surface area (Å²) in [5.41, 5.74) is 6.09. The fourth-order valence-corrected chi connectivity index (χ4v) is 2.40. The zero-order valence-electron chi connectivity index (χ0n) is 10.5. The summed E-state index contributed by atoms with van der Waals surface area (Å²) in [5, 5.41) is 0. The number of pyridine rings is 1. The van der Waals surface area contributed by atoms with Crippen LogP contribution in [-0.4, -0.2) is 20.4 Å². The minimum Gasteiger partial charge on any atom is -0.368 e. The molecular weight excluding hydrogens is 312 g/mol. The van der Waals surface area contributed by atoms with Gasteiger partial charge in [-0.1, -0.05) is 19.8 Å². The smallest absolute Gasteiger partial charge is 0.328 e. The first-order valence-electron chi connectivity index (χ1n) is 6.09. The number of rotatable bonds is 5. The Labute approximate surface area is 118 Å². The second-order valence-corrected chi connectivity index (χ2v) is 5.30. The molecule has 7 heteroatoms. The van der Waals surface area contributed by atoms with E-state index in [1.54, 1.807) is 12.3 Å². The molecule has 102 valence electrons. The van der Waals surface area contributed by atoms with Crippen molar-refractivity contribution in [3.63, 3.8) is 0 Å².